The number of aromatic nitrogens is 1. The van der Waals surface area contributed by atoms with Crippen LogP contribution in [0, 0.1) is 0 Å². The highest BCUT2D eigenvalue weighted by Gasteiger charge is 2.38. The van der Waals surface area contributed by atoms with E-state index in [-0.39, 0.29) is 10.8 Å². The Hall–Kier alpha value is -8.40. The number of fused-ring (bicyclic) bond motifs is 8. The summed E-state index contributed by atoms with van der Waals surface area (Å²) < 4.78 is 2.43. The van der Waals surface area contributed by atoms with Gasteiger partial charge in [0, 0.05) is 50.0 Å². The number of benzene rings is 10. The average Bonchev–Trinajstić information content (AvgIpc) is 3.84. The molecule has 0 fully saturated rings. The first kappa shape index (κ1) is 40.8. The normalized spacial score (nSPS) is 14.0. The van der Waals surface area contributed by atoms with Gasteiger partial charge in [-0.05, 0) is 147 Å². The van der Waals surface area contributed by atoms with Gasteiger partial charge in [0.15, 0.2) is 0 Å². The summed E-state index contributed by atoms with van der Waals surface area (Å²) >= 11 is 0. The molecule has 0 saturated carbocycles. The van der Waals surface area contributed by atoms with E-state index in [0.717, 1.165) is 28.4 Å². The van der Waals surface area contributed by atoms with Gasteiger partial charge in [-0.25, -0.2) is 0 Å². The van der Waals surface area contributed by atoms with Crippen LogP contribution in [0.25, 0.3) is 60.9 Å². The first-order valence-corrected chi connectivity index (χ1v) is 24.2. The van der Waals surface area contributed by atoms with Crippen LogP contribution in [0.2, 0.25) is 0 Å². The van der Waals surface area contributed by atoms with Crippen LogP contribution in [-0.2, 0) is 10.8 Å². The van der Waals surface area contributed by atoms with Gasteiger partial charge < -0.3 is 14.4 Å². The van der Waals surface area contributed by atoms with Crippen LogP contribution in [0.15, 0.2) is 237 Å². The van der Waals surface area contributed by atoms with Crippen LogP contribution in [0.4, 0.5) is 34.1 Å². The van der Waals surface area contributed by atoms with Gasteiger partial charge in [0.25, 0.3) is 0 Å². The minimum atomic E-state index is -0.175. The lowest BCUT2D eigenvalue weighted by Crippen LogP contribution is -2.30. The predicted octanol–water partition coefficient (Wildman–Crippen LogP) is 18.0. The summed E-state index contributed by atoms with van der Waals surface area (Å²) in [6.45, 7) is 9.45. The molecular weight excluding hydrogens is 835 g/mol. The van der Waals surface area contributed by atoms with E-state index in [2.05, 4.69) is 279 Å². The largest absolute Gasteiger partial charge is 0.310 e. The van der Waals surface area contributed by atoms with Gasteiger partial charge in [0.1, 0.15) is 0 Å². The summed E-state index contributed by atoms with van der Waals surface area (Å²) in [5.41, 5.74) is 22.9. The molecular formula is C66H51N3. The molecule has 11 aromatic rings. The van der Waals surface area contributed by atoms with Crippen molar-refractivity contribution in [3.8, 4) is 39.1 Å². The molecule has 0 radical (unpaired) electrons. The van der Waals surface area contributed by atoms with Gasteiger partial charge in [-0.2, -0.15) is 0 Å². The molecule has 10 aromatic carbocycles. The highest BCUT2D eigenvalue weighted by molar-refractivity contribution is 6.12. The zero-order valence-electron chi connectivity index (χ0n) is 39.4. The Kier molecular flexibility index (Phi) is 9.22. The number of hydrogen-bond donors (Lipinski definition) is 0. The van der Waals surface area contributed by atoms with Gasteiger partial charge in [-0.15, -0.1) is 0 Å². The van der Waals surface area contributed by atoms with Gasteiger partial charge in [-0.1, -0.05) is 173 Å². The minimum absolute atomic E-state index is 0.137. The van der Waals surface area contributed by atoms with Crippen molar-refractivity contribution in [3.05, 3.63) is 259 Å². The van der Waals surface area contributed by atoms with E-state index in [9.17, 15) is 0 Å². The number of nitrogens with zero attached hydrogens (tertiary/aromatic N) is 3. The molecule has 0 unspecified atom stereocenters. The third-order valence-electron chi connectivity index (χ3n) is 15.2. The Balaban J connectivity index is 1.00. The van der Waals surface area contributed by atoms with E-state index in [1.807, 2.05) is 0 Å². The number of para-hydroxylation sites is 3. The zero-order valence-corrected chi connectivity index (χ0v) is 39.4. The molecule has 0 atom stereocenters. The predicted molar refractivity (Wildman–Crippen MR) is 291 cm³/mol. The summed E-state index contributed by atoms with van der Waals surface area (Å²) in [7, 11) is 0. The maximum absolute atomic E-state index is 2.45. The molecule has 69 heavy (non-hydrogen) atoms. The van der Waals surface area contributed by atoms with Gasteiger partial charge in [0.05, 0.1) is 22.4 Å². The lowest BCUT2D eigenvalue weighted by atomic mass is 9.73. The van der Waals surface area contributed by atoms with E-state index in [0.29, 0.717) is 0 Å². The second kappa shape index (κ2) is 15.6. The molecule has 330 valence electrons. The van der Waals surface area contributed by atoms with E-state index >= 15 is 0 Å². The topological polar surface area (TPSA) is 11.4 Å². The minimum Gasteiger partial charge on any atom is -0.310 e. The van der Waals surface area contributed by atoms with Crippen LogP contribution in [0.1, 0.15) is 49.9 Å². The van der Waals surface area contributed by atoms with Crippen LogP contribution in [0.3, 0.4) is 0 Å². The molecule has 2 aliphatic rings. The van der Waals surface area contributed by atoms with Gasteiger partial charge in [-0.3, -0.25) is 0 Å². The summed E-state index contributed by atoms with van der Waals surface area (Å²) in [5.74, 6) is 0. The highest BCUT2D eigenvalue weighted by Crippen LogP contribution is 2.54. The second-order valence-electron chi connectivity index (χ2n) is 19.8. The van der Waals surface area contributed by atoms with Crippen molar-refractivity contribution < 1.29 is 0 Å². The number of hydrogen-bond acceptors (Lipinski definition) is 2. The maximum Gasteiger partial charge on any atom is 0.0542 e. The van der Waals surface area contributed by atoms with E-state index in [1.165, 1.54) is 88.8 Å². The van der Waals surface area contributed by atoms with Crippen LogP contribution >= 0.6 is 0 Å². The molecule has 1 aliphatic heterocycles. The van der Waals surface area contributed by atoms with Crippen LogP contribution < -0.4 is 9.80 Å². The van der Waals surface area contributed by atoms with Crippen molar-refractivity contribution in [2.24, 2.45) is 0 Å². The summed E-state index contributed by atoms with van der Waals surface area (Å²) in [6, 6.07) is 87.4. The Morgan fingerprint density at radius 3 is 1.57 bits per heavy atom. The third kappa shape index (κ3) is 6.41. The molecule has 0 saturated heterocycles. The highest BCUT2D eigenvalue weighted by atomic mass is 15.2. The van der Waals surface area contributed by atoms with Crippen molar-refractivity contribution in [1.29, 1.82) is 0 Å². The molecule has 0 spiro atoms. The molecule has 2 heterocycles. The van der Waals surface area contributed by atoms with Crippen molar-refractivity contribution >= 4 is 55.9 Å². The SMILES string of the molecule is CC1(C)c2ccccc2-c2ccc(N(c3ccc(-c4ccccc4)cc3)c3ccc4c(c3)c3cc(-c5ccc6c(c5)N(c5ccccc5)c5ccccc5C6(C)C)ccc3n4-c3ccccc3)cc21. The smallest absolute Gasteiger partial charge is 0.0542 e. The van der Waals surface area contributed by atoms with E-state index in [1.54, 1.807) is 0 Å². The second-order valence-corrected chi connectivity index (χ2v) is 19.8. The fraction of sp³-hybridized carbons (Fsp3) is 0.0909. The number of anilines is 6. The molecule has 1 aliphatic carbocycles. The Bertz CT molecular complexity index is 3770. The van der Waals surface area contributed by atoms with Crippen LogP contribution in [-0.4, -0.2) is 4.57 Å². The molecule has 1 aromatic heterocycles. The standard InChI is InChI=1S/C66H51N3/c1-65(2)57-25-15-14-24-53(57)54-36-34-52(43-60(54)65)67(50-32-28-45(29-33-50)44-18-8-5-9-19-44)51-35-39-62-56(42-51)55-40-46(31-38-61(55)68(62)48-20-10-6-11-21-48)47-30-37-59-64(41-47)69(49-22-12-7-13-23-49)63-27-17-16-26-58(63)66(59,3)4/h5-43H,1-4H3. The average molecular weight is 886 g/mol. The number of rotatable bonds is 7. The summed E-state index contributed by atoms with van der Waals surface area (Å²) in [4.78, 5) is 4.90. The molecule has 0 amide bonds. The molecule has 0 bridgehead atoms. The Morgan fingerprint density at radius 1 is 0.319 bits per heavy atom. The summed E-state index contributed by atoms with van der Waals surface area (Å²) in [6.07, 6.45) is 0. The quantitative estimate of drug-likeness (QED) is 0.158. The molecule has 3 nitrogen and oxygen atoms in total. The summed E-state index contributed by atoms with van der Waals surface area (Å²) in [5, 5.41) is 2.41. The zero-order chi connectivity index (χ0) is 46.4. The van der Waals surface area contributed by atoms with Crippen molar-refractivity contribution in [2.45, 2.75) is 38.5 Å². The molecule has 13 rings (SSSR count). The van der Waals surface area contributed by atoms with Crippen molar-refractivity contribution in [2.75, 3.05) is 9.80 Å². The Morgan fingerprint density at radius 2 is 0.812 bits per heavy atom. The lowest BCUT2D eigenvalue weighted by molar-refractivity contribution is 0.632. The monoisotopic (exact) mass is 885 g/mol. The lowest BCUT2D eigenvalue weighted by Gasteiger charge is -2.42. The maximum atomic E-state index is 2.45. The first-order chi connectivity index (χ1) is 33.7. The van der Waals surface area contributed by atoms with Gasteiger partial charge >= 0.3 is 0 Å². The molecule has 3 heteroatoms. The molecule has 0 N–H and O–H groups in total. The fourth-order valence-corrected chi connectivity index (χ4v) is 11.6. The van der Waals surface area contributed by atoms with Gasteiger partial charge in [0.2, 0.25) is 0 Å². The van der Waals surface area contributed by atoms with Crippen molar-refractivity contribution in [1.82, 2.24) is 4.57 Å². The first-order valence-electron chi connectivity index (χ1n) is 24.2. The van der Waals surface area contributed by atoms with E-state index < -0.39 is 0 Å². The fourth-order valence-electron chi connectivity index (χ4n) is 11.6. The van der Waals surface area contributed by atoms with E-state index in [4.69, 9.17) is 0 Å². The van der Waals surface area contributed by atoms with Crippen LogP contribution in [0.5, 0.6) is 0 Å². The Labute approximate surface area is 404 Å². The third-order valence-corrected chi connectivity index (χ3v) is 15.2. The van der Waals surface area contributed by atoms with Crippen molar-refractivity contribution in [3.63, 3.8) is 0 Å².